The van der Waals surface area contributed by atoms with E-state index in [1.54, 1.807) is 0 Å². The molecule has 0 unspecified atom stereocenters. The van der Waals surface area contributed by atoms with E-state index in [1.807, 2.05) is 11.8 Å². The number of nitrogens with two attached hydrogens (primary N) is 1. The molecule has 3 N–H and O–H groups in total. The number of anilines is 2. The highest BCUT2D eigenvalue weighted by molar-refractivity contribution is 5.49. The summed E-state index contributed by atoms with van der Waals surface area (Å²) in [5.41, 5.74) is 2.16. The third-order valence-corrected chi connectivity index (χ3v) is 3.52. The van der Waals surface area contributed by atoms with Crippen molar-refractivity contribution in [3.8, 4) is 0 Å². The number of nitrogens with one attached hydrogen (secondary N) is 1. The van der Waals surface area contributed by atoms with Crippen molar-refractivity contribution in [2.45, 2.75) is 32.4 Å². The molecule has 1 fully saturated rings. The monoisotopic (exact) mass is 289 g/mol. The Hall–Kier alpha value is -1.57. The molecule has 1 heterocycles. The molecule has 2 rings (SSSR count). The van der Waals surface area contributed by atoms with Crippen LogP contribution in [-0.2, 0) is 6.18 Å². The third kappa shape index (κ3) is 3.30. The summed E-state index contributed by atoms with van der Waals surface area (Å²) in [5.74, 6) is 4.78. The highest BCUT2D eigenvalue weighted by Gasteiger charge is 2.36. The van der Waals surface area contributed by atoms with E-state index in [0.29, 0.717) is 12.5 Å². The molecule has 1 aliphatic rings. The topological polar surface area (TPSA) is 67.1 Å². The summed E-state index contributed by atoms with van der Waals surface area (Å²) in [7, 11) is 0. The van der Waals surface area contributed by atoms with Crippen molar-refractivity contribution in [2.24, 2.45) is 11.8 Å². The van der Waals surface area contributed by atoms with Crippen LogP contribution in [0.4, 0.5) is 24.8 Å². The number of nitrogens with zero attached hydrogens (tertiary/aromatic N) is 3. The lowest BCUT2D eigenvalue weighted by molar-refractivity contribution is -0.144. The number of hydrogen-bond donors (Lipinski definition) is 2. The van der Waals surface area contributed by atoms with Gasteiger partial charge in [-0.3, -0.25) is 0 Å². The van der Waals surface area contributed by atoms with Gasteiger partial charge in [0.2, 0.25) is 5.82 Å². The van der Waals surface area contributed by atoms with Crippen LogP contribution in [0.2, 0.25) is 0 Å². The summed E-state index contributed by atoms with van der Waals surface area (Å²) >= 11 is 0. The summed E-state index contributed by atoms with van der Waals surface area (Å²) in [6, 6.07) is 1.44. The van der Waals surface area contributed by atoms with E-state index in [1.165, 1.54) is 12.5 Å². The lowest BCUT2D eigenvalue weighted by Gasteiger charge is -2.32. The average Bonchev–Trinajstić information content (AvgIpc) is 2.36. The Labute approximate surface area is 115 Å². The van der Waals surface area contributed by atoms with Gasteiger partial charge < -0.3 is 10.3 Å². The van der Waals surface area contributed by atoms with Gasteiger partial charge in [-0.15, -0.1) is 0 Å². The summed E-state index contributed by atoms with van der Waals surface area (Å²) in [6.45, 7) is 3.20. The molecule has 0 amide bonds. The maximum Gasteiger partial charge on any atom is 0.451 e. The number of rotatable bonds is 5. The van der Waals surface area contributed by atoms with Crippen molar-refractivity contribution >= 4 is 11.6 Å². The van der Waals surface area contributed by atoms with Crippen LogP contribution < -0.4 is 16.2 Å². The number of hydrogen-bond acceptors (Lipinski definition) is 5. The zero-order chi connectivity index (χ0) is 14.8. The van der Waals surface area contributed by atoms with E-state index in [-0.39, 0.29) is 11.6 Å². The SMILES string of the molecule is CCN(CC1CCC1)c1cc(NN)nc(C(F)(F)F)n1. The van der Waals surface area contributed by atoms with Crippen molar-refractivity contribution in [2.75, 3.05) is 23.4 Å². The number of nitrogen functional groups attached to an aromatic ring is 1. The number of halogens is 3. The summed E-state index contributed by atoms with van der Waals surface area (Å²) in [4.78, 5) is 8.82. The molecule has 20 heavy (non-hydrogen) atoms. The fraction of sp³-hybridized carbons (Fsp3) is 0.667. The van der Waals surface area contributed by atoms with Gasteiger partial charge in [-0.2, -0.15) is 13.2 Å². The molecule has 8 heteroatoms. The first-order valence-electron chi connectivity index (χ1n) is 6.62. The minimum absolute atomic E-state index is 0.0330. The predicted molar refractivity (Wildman–Crippen MR) is 70.1 cm³/mol. The second kappa shape index (κ2) is 5.82. The number of hydrazine groups is 1. The molecule has 1 saturated carbocycles. The summed E-state index contributed by atoms with van der Waals surface area (Å²) in [5, 5.41) is 0. The van der Waals surface area contributed by atoms with Crippen LogP contribution in [-0.4, -0.2) is 23.1 Å². The Morgan fingerprint density at radius 3 is 2.55 bits per heavy atom. The molecule has 0 aromatic carbocycles. The average molecular weight is 289 g/mol. The Morgan fingerprint density at radius 2 is 2.10 bits per heavy atom. The lowest BCUT2D eigenvalue weighted by Crippen LogP contribution is -2.33. The van der Waals surface area contributed by atoms with Gasteiger partial charge in [-0.05, 0) is 25.7 Å². The molecule has 0 radical (unpaired) electrons. The van der Waals surface area contributed by atoms with E-state index in [4.69, 9.17) is 5.84 Å². The van der Waals surface area contributed by atoms with Gasteiger partial charge in [0.25, 0.3) is 0 Å². The highest BCUT2D eigenvalue weighted by atomic mass is 19.4. The second-order valence-electron chi connectivity index (χ2n) is 4.91. The lowest BCUT2D eigenvalue weighted by atomic mass is 9.85. The van der Waals surface area contributed by atoms with Crippen molar-refractivity contribution in [3.05, 3.63) is 11.9 Å². The molecule has 5 nitrogen and oxygen atoms in total. The van der Waals surface area contributed by atoms with Gasteiger partial charge in [0, 0.05) is 19.2 Å². The van der Waals surface area contributed by atoms with Gasteiger partial charge in [-0.1, -0.05) is 6.42 Å². The van der Waals surface area contributed by atoms with Crippen LogP contribution in [0.1, 0.15) is 32.0 Å². The molecule has 1 aromatic rings. The molecule has 1 aromatic heterocycles. The maximum atomic E-state index is 12.8. The minimum Gasteiger partial charge on any atom is -0.356 e. The summed E-state index contributed by atoms with van der Waals surface area (Å²) < 4.78 is 38.3. The molecule has 0 aliphatic heterocycles. The number of alkyl halides is 3. The van der Waals surface area contributed by atoms with E-state index < -0.39 is 12.0 Å². The molecule has 1 aliphatic carbocycles. The molecular weight excluding hydrogens is 271 g/mol. The molecule has 112 valence electrons. The van der Waals surface area contributed by atoms with Crippen LogP contribution >= 0.6 is 0 Å². The van der Waals surface area contributed by atoms with E-state index in [9.17, 15) is 13.2 Å². The van der Waals surface area contributed by atoms with Crippen molar-refractivity contribution in [1.82, 2.24) is 9.97 Å². The molecule has 0 spiro atoms. The number of aromatic nitrogens is 2. The van der Waals surface area contributed by atoms with Gasteiger partial charge in [0.15, 0.2) is 0 Å². The third-order valence-electron chi connectivity index (χ3n) is 3.52. The molecule has 0 saturated heterocycles. The van der Waals surface area contributed by atoms with Gasteiger partial charge in [0.1, 0.15) is 11.6 Å². The zero-order valence-corrected chi connectivity index (χ0v) is 11.2. The van der Waals surface area contributed by atoms with Gasteiger partial charge in [0.05, 0.1) is 0 Å². The van der Waals surface area contributed by atoms with Gasteiger partial charge >= 0.3 is 6.18 Å². The molecule has 0 atom stereocenters. The Kier molecular flexibility index (Phi) is 4.32. The normalized spacial score (nSPS) is 15.8. The van der Waals surface area contributed by atoms with Crippen LogP contribution in [0.5, 0.6) is 0 Å². The fourth-order valence-corrected chi connectivity index (χ4v) is 2.17. The maximum absolute atomic E-state index is 12.8. The van der Waals surface area contributed by atoms with E-state index in [0.717, 1.165) is 19.4 Å². The largest absolute Gasteiger partial charge is 0.451 e. The fourth-order valence-electron chi connectivity index (χ4n) is 2.17. The van der Waals surface area contributed by atoms with Crippen molar-refractivity contribution < 1.29 is 13.2 Å². The van der Waals surface area contributed by atoms with Crippen LogP contribution in [0.25, 0.3) is 0 Å². The highest BCUT2D eigenvalue weighted by Crippen LogP contribution is 2.31. The zero-order valence-electron chi connectivity index (χ0n) is 11.2. The van der Waals surface area contributed by atoms with Crippen LogP contribution in [0.15, 0.2) is 6.07 Å². The Morgan fingerprint density at radius 1 is 1.40 bits per heavy atom. The first-order valence-corrected chi connectivity index (χ1v) is 6.62. The Balaban J connectivity index is 2.27. The van der Waals surface area contributed by atoms with Crippen LogP contribution in [0, 0.1) is 5.92 Å². The van der Waals surface area contributed by atoms with Crippen molar-refractivity contribution in [1.29, 1.82) is 0 Å². The van der Waals surface area contributed by atoms with Crippen molar-refractivity contribution in [3.63, 3.8) is 0 Å². The minimum atomic E-state index is -4.59. The quantitative estimate of drug-likeness (QED) is 0.643. The first-order chi connectivity index (χ1) is 9.44. The first kappa shape index (κ1) is 14.8. The smallest absolute Gasteiger partial charge is 0.356 e. The predicted octanol–water partition coefficient (Wildman–Crippen LogP) is 2.41. The van der Waals surface area contributed by atoms with E-state index in [2.05, 4.69) is 15.4 Å². The summed E-state index contributed by atoms with van der Waals surface area (Å²) in [6.07, 6.45) is -1.15. The standard InChI is InChI=1S/C12H18F3N5/c1-2-20(7-8-4-3-5-8)10-6-9(19-16)17-11(18-10)12(13,14)15/h6,8H,2-5,7,16H2,1H3,(H,17,18,19). The molecule has 0 bridgehead atoms. The Bertz CT molecular complexity index is 459. The van der Waals surface area contributed by atoms with Crippen LogP contribution in [0.3, 0.4) is 0 Å². The molecular formula is C12H18F3N5. The van der Waals surface area contributed by atoms with E-state index >= 15 is 0 Å². The second-order valence-corrected chi connectivity index (χ2v) is 4.91. The van der Waals surface area contributed by atoms with Gasteiger partial charge in [-0.25, -0.2) is 15.8 Å².